The van der Waals surface area contributed by atoms with Crippen molar-refractivity contribution in [1.82, 2.24) is 24.9 Å². The van der Waals surface area contributed by atoms with Gasteiger partial charge in [0.05, 0.1) is 22.6 Å². The molecule has 3 heterocycles. The Morgan fingerprint density at radius 1 is 0.935 bits per heavy atom. The third-order valence-corrected chi connectivity index (χ3v) is 5.71. The lowest BCUT2D eigenvalue weighted by atomic mass is 9.98. The van der Waals surface area contributed by atoms with Gasteiger partial charge < -0.3 is 5.32 Å². The van der Waals surface area contributed by atoms with Gasteiger partial charge in [-0.3, -0.25) is 0 Å². The number of fused-ring (bicyclic) bond motifs is 2. The fourth-order valence-electron chi connectivity index (χ4n) is 3.62. The Labute approximate surface area is 184 Å². The number of thioether (sulfide) groups is 1. The Kier molecular flexibility index (Phi) is 5.18. The summed E-state index contributed by atoms with van der Waals surface area (Å²) in [7, 11) is 0. The van der Waals surface area contributed by atoms with Crippen LogP contribution in [0.3, 0.4) is 0 Å². The summed E-state index contributed by atoms with van der Waals surface area (Å²) in [6.45, 7) is 2.12. The van der Waals surface area contributed by atoms with E-state index in [1.807, 2.05) is 42.7 Å². The second kappa shape index (κ2) is 8.28. The highest BCUT2D eigenvalue weighted by molar-refractivity contribution is 7.98. The summed E-state index contributed by atoms with van der Waals surface area (Å²) in [4.78, 5) is 22.7. The number of nitrogens with zero attached hydrogens (tertiary/aromatic N) is 5. The summed E-state index contributed by atoms with van der Waals surface area (Å²) in [5.41, 5.74) is 4.74. The van der Waals surface area contributed by atoms with E-state index in [1.54, 1.807) is 6.20 Å². The molecule has 0 aliphatic heterocycles. The molecule has 0 fully saturated rings. The fourth-order valence-corrected chi connectivity index (χ4v) is 3.98. The highest BCUT2D eigenvalue weighted by Crippen LogP contribution is 2.32. The molecule has 7 heteroatoms. The van der Waals surface area contributed by atoms with Gasteiger partial charge in [-0.05, 0) is 25.3 Å². The Morgan fingerprint density at radius 2 is 1.74 bits per heavy atom. The second-order valence-electron chi connectivity index (χ2n) is 7.17. The van der Waals surface area contributed by atoms with Crippen LogP contribution < -0.4 is 5.32 Å². The number of hydrogen-bond donors (Lipinski definition) is 1. The summed E-state index contributed by atoms with van der Waals surface area (Å²) < 4.78 is 0. The Bertz CT molecular complexity index is 1370. The van der Waals surface area contributed by atoms with Crippen LogP contribution in [0, 0.1) is 0 Å². The molecule has 31 heavy (non-hydrogen) atoms. The van der Waals surface area contributed by atoms with Crippen molar-refractivity contribution in [2.24, 2.45) is 0 Å². The van der Waals surface area contributed by atoms with Gasteiger partial charge in [0.15, 0.2) is 10.8 Å². The second-order valence-corrected chi connectivity index (χ2v) is 7.94. The first-order valence-electron chi connectivity index (χ1n) is 9.96. The van der Waals surface area contributed by atoms with Gasteiger partial charge in [0, 0.05) is 22.7 Å². The summed E-state index contributed by atoms with van der Waals surface area (Å²) >= 11 is 1.49. The van der Waals surface area contributed by atoms with E-state index in [-0.39, 0.29) is 6.04 Å². The summed E-state index contributed by atoms with van der Waals surface area (Å²) in [6.07, 6.45) is 5.21. The summed E-state index contributed by atoms with van der Waals surface area (Å²) in [6, 6.07) is 20.6. The third kappa shape index (κ3) is 3.80. The first kappa shape index (κ1) is 19.4. The standard InChI is InChI=1S/C24H20N6S/c1-15(27-23-19-13-25-14-26-22(19)29-24(30-23)31-2)18-12-17-10-6-7-11-20(17)28-21(18)16-8-4-3-5-9-16/h3-15H,1-2H3,(H,25,26,27,29,30)/t15-/m0/s1. The van der Waals surface area contributed by atoms with Gasteiger partial charge in [-0.1, -0.05) is 60.3 Å². The highest BCUT2D eigenvalue weighted by Gasteiger charge is 2.18. The van der Waals surface area contributed by atoms with E-state index in [9.17, 15) is 0 Å². The molecule has 0 spiro atoms. The number of aromatic nitrogens is 5. The molecule has 152 valence electrons. The highest BCUT2D eigenvalue weighted by atomic mass is 32.2. The third-order valence-electron chi connectivity index (χ3n) is 5.16. The molecule has 0 saturated heterocycles. The molecule has 6 nitrogen and oxygen atoms in total. The molecule has 0 radical (unpaired) electrons. The van der Waals surface area contributed by atoms with Crippen molar-refractivity contribution in [1.29, 1.82) is 0 Å². The van der Waals surface area contributed by atoms with Crippen molar-refractivity contribution in [3.63, 3.8) is 0 Å². The Morgan fingerprint density at radius 3 is 2.58 bits per heavy atom. The van der Waals surface area contributed by atoms with E-state index in [2.05, 4.69) is 56.4 Å². The molecule has 1 atom stereocenters. The fraction of sp³-hybridized carbons (Fsp3) is 0.125. The predicted octanol–water partition coefficient (Wildman–Crippen LogP) is 5.53. The molecule has 0 aliphatic carbocycles. The Balaban J connectivity index is 1.63. The zero-order valence-corrected chi connectivity index (χ0v) is 18.0. The van der Waals surface area contributed by atoms with Crippen molar-refractivity contribution < 1.29 is 0 Å². The van der Waals surface area contributed by atoms with Crippen LogP contribution >= 0.6 is 11.8 Å². The zero-order valence-electron chi connectivity index (χ0n) is 17.1. The SMILES string of the molecule is CSc1nc(N[C@@H](C)c2cc3ccccc3nc2-c2ccccc2)c2cncnc2n1. The van der Waals surface area contributed by atoms with Crippen LogP contribution in [0.4, 0.5) is 5.82 Å². The minimum absolute atomic E-state index is 0.0553. The van der Waals surface area contributed by atoms with Crippen LogP contribution in [0.25, 0.3) is 33.2 Å². The summed E-state index contributed by atoms with van der Waals surface area (Å²) in [5.74, 6) is 0.717. The van der Waals surface area contributed by atoms with Crippen LogP contribution in [0.15, 0.2) is 78.3 Å². The molecular formula is C24H20N6S. The van der Waals surface area contributed by atoms with Crippen LogP contribution in [0.5, 0.6) is 0 Å². The molecule has 5 aromatic rings. The molecule has 0 aliphatic rings. The molecule has 0 unspecified atom stereocenters. The maximum absolute atomic E-state index is 5.00. The number of pyridine rings is 1. The maximum Gasteiger partial charge on any atom is 0.191 e. The number of hydrogen-bond acceptors (Lipinski definition) is 7. The maximum atomic E-state index is 5.00. The molecular weight excluding hydrogens is 404 g/mol. The van der Waals surface area contributed by atoms with Gasteiger partial charge >= 0.3 is 0 Å². The van der Waals surface area contributed by atoms with Crippen molar-refractivity contribution in [2.45, 2.75) is 18.1 Å². The normalized spacial score (nSPS) is 12.2. The van der Waals surface area contributed by atoms with Gasteiger partial charge in [-0.15, -0.1) is 0 Å². The first-order valence-corrected chi connectivity index (χ1v) is 11.2. The minimum atomic E-state index is -0.0553. The van der Waals surface area contributed by atoms with Crippen molar-refractivity contribution in [3.8, 4) is 11.3 Å². The molecule has 5 rings (SSSR count). The number of rotatable bonds is 5. The van der Waals surface area contributed by atoms with Crippen LogP contribution in [0.2, 0.25) is 0 Å². The lowest BCUT2D eigenvalue weighted by Gasteiger charge is -2.20. The van der Waals surface area contributed by atoms with E-state index >= 15 is 0 Å². The molecule has 0 bridgehead atoms. The van der Waals surface area contributed by atoms with Crippen molar-refractivity contribution >= 4 is 39.5 Å². The van der Waals surface area contributed by atoms with Gasteiger partial charge in [0.25, 0.3) is 0 Å². The van der Waals surface area contributed by atoms with E-state index in [0.717, 1.165) is 38.9 Å². The molecule has 3 aromatic heterocycles. The number of nitrogens with one attached hydrogen (secondary N) is 1. The predicted molar refractivity (Wildman–Crippen MR) is 126 cm³/mol. The van der Waals surface area contributed by atoms with Crippen LogP contribution in [-0.2, 0) is 0 Å². The van der Waals surface area contributed by atoms with E-state index in [1.165, 1.54) is 18.1 Å². The number of anilines is 1. The lowest BCUT2D eigenvalue weighted by Crippen LogP contribution is -2.12. The smallest absolute Gasteiger partial charge is 0.191 e. The summed E-state index contributed by atoms with van der Waals surface area (Å²) in [5, 5.41) is 6.13. The topological polar surface area (TPSA) is 76.5 Å². The van der Waals surface area contributed by atoms with Crippen LogP contribution in [0.1, 0.15) is 18.5 Å². The zero-order chi connectivity index (χ0) is 21.2. The number of para-hydroxylation sites is 1. The first-order chi connectivity index (χ1) is 15.2. The van der Waals surface area contributed by atoms with E-state index in [4.69, 9.17) is 4.98 Å². The van der Waals surface area contributed by atoms with Gasteiger partial charge in [-0.25, -0.2) is 24.9 Å². The Hall–Kier alpha value is -3.58. The molecule has 2 aromatic carbocycles. The quantitative estimate of drug-likeness (QED) is 0.294. The van der Waals surface area contributed by atoms with Gasteiger partial charge in [0.2, 0.25) is 0 Å². The largest absolute Gasteiger partial charge is 0.363 e. The minimum Gasteiger partial charge on any atom is -0.363 e. The van der Waals surface area contributed by atoms with Gasteiger partial charge in [0.1, 0.15) is 12.1 Å². The van der Waals surface area contributed by atoms with Gasteiger partial charge in [-0.2, -0.15) is 0 Å². The molecule has 0 amide bonds. The monoisotopic (exact) mass is 424 g/mol. The molecule has 0 saturated carbocycles. The average Bonchev–Trinajstić information content (AvgIpc) is 2.83. The van der Waals surface area contributed by atoms with E-state index < -0.39 is 0 Å². The lowest BCUT2D eigenvalue weighted by molar-refractivity contribution is 0.860. The van der Waals surface area contributed by atoms with Crippen molar-refractivity contribution in [2.75, 3.05) is 11.6 Å². The number of benzene rings is 2. The van der Waals surface area contributed by atoms with Crippen molar-refractivity contribution in [3.05, 3.63) is 78.8 Å². The van der Waals surface area contributed by atoms with Crippen LogP contribution in [-0.4, -0.2) is 31.2 Å². The molecule has 1 N–H and O–H groups in total. The average molecular weight is 425 g/mol. The van der Waals surface area contributed by atoms with E-state index in [0.29, 0.717) is 10.8 Å².